The number of nitrogens with zero attached hydrogens (tertiary/aromatic N) is 1. The van der Waals surface area contributed by atoms with Gasteiger partial charge in [-0.3, -0.25) is 14.9 Å². The Hall–Kier alpha value is -2.89. The molecular weight excluding hydrogens is 308 g/mol. The van der Waals surface area contributed by atoms with E-state index in [-0.39, 0.29) is 17.6 Å². The molecule has 6 nitrogen and oxygen atoms in total. The monoisotopic (exact) mass is 328 g/mol. The van der Waals surface area contributed by atoms with Crippen LogP contribution in [0.1, 0.15) is 41.4 Å². The second-order valence-corrected chi connectivity index (χ2v) is 5.40. The maximum atomic E-state index is 12.4. The fourth-order valence-electron chi connectivity index (χ4n) is 2.44. The molecule has 0 aliphatic heterocycles. The highest BCUT2D eigenvalue weighted by atomic mass is 16.6. The van der Waals surface area contributed by atoms with Gasteiger partial charge in [-0.2, -0.15) is 0 Å². The first-order valence-corrected chi connectivity index (χ1v) is 7.71. The van der Waals surface area contributed by atoms with Crippen molar-refractivity contribution < 1.29 is 14.5 Å². The van der Waals surface area contributed by atoms with Gasteiger partial charge in [0.05, 0.1) is 17.6 Å². The minimum Gasteiger partial charge on any atom is -0.494 e. The number of carbonyl (C=O) groups excluding carboxylic acids is 1. The maximum Gasteiger partial charge on any atom is 0.273 e. The lowest BCUT2D eigenvalue weighted by Crippen LogP contribution is -2.27. The van der Waals surface area contributed by atoms with Crippen LogP contribution in [0.2, 0.25) is 0 Å². The van der Waals surface area contributed by atoms with Crippen molar-refractivity contribution >= 4 is 11.6 Å². The van der Waals surface area contributed by atoms with Gasteiger partial charge in [-0.15, -0.1) is 0 Å². The zero-order valence-electron chi connectivity index (χ0n) is 13.9. The molecule has 0 saturated carbocycles. The molecular formula is C18H20N2O4. The average Bonchev–Trinajstić information content (AvgIpc) is 2.55. The van der Waals surface area contributed by atoms with Crippen LogP contribution in [0.25, 0.3) is 0 Å². The van der Waals surface area contributed by atoms with Crippen LogP contribution in [0.4, 0.5) is 5.69 Å². The summed E-state index contributed by atoms with van der Waals surface area (Å²) in [4.78, 5) is 22.9. The van der Waals surface area contributed by atoms with E-state index in [0.717, 1.165) is 11.3 Å². The van der Waals surface area contributed by atoms with Gasteiger partial charge in [-0.1, -0.05) is 18.2 Å². The maximum absolute atomic E-state index is 12.4. The van der Waals surface area contributed by atoms with E-state index in [0.29, 0.717) is 17.7 Å². The molecule has 0 aliphatic rings. The van der Waals surface area contributed by atoms with Crippen LogP contribution in [-0.2, 0) is 0 Å². The molecule has 0 aliphatic carbocycles. The van der Waals surface area contributed by atoms with Gasteiger partial charge < -0.3 is 10.1 Å². The molecule has 126 valence electrons. The number of nitro benzene ring substituents is 1. The van der Waals surface area contributed by atoms with Crippen molar-refractivity contribution in [2.24, 2.45) is 0 Å². The van der Waals surface area contributed by atoms with Crippen molar-refractivity contribution in [3.05, 3.63) is 69.3 Å². The van der Waals surface area contributed by atoms with Crippen LogP contribution in [0.15, 0.2) is 42.5 Å². The molecule has 2 aromatic rings. The number of benzene rings is 2. The first-order chi connectivity index (χ1) is 11.4. The highest BCUT2D eigenvalue weighted by Gasteiger charge is 2.19. The Balaban J connectivity index is 2.14. The smallest absolute Gasteiger partial charge is 0.273 e. The lowest BCUT2D eigenvalue weighted by Gasteiger charge is -2.16. The molecule has 0 fully saturated rings. The summed E-state index contributed by atoms with van der Waals surface area (Å²) in [5, 5.41) is 13.9. The second-order valence-electron chi connectivity index (χ2n) is 5.40. The molecule has 6 heteroatoms. The van der Waals surface area contributed by atoms with Gasteiger partial charge in [0.25, 0.3) is 11.6 Å². The van der Waals surface area contributed by atoms with Crippen molar-refractivity contribution in [3.8, 4) is 5.75 Å². The Bertz CT molecular complexity index is 741. The van der Waals surface area contributed by atoms with Crippen LogP contribution in [-0.4, -0.2) is 17.4 Å². The van der Waals surface area contributed by atoms with E-state index in [2.05, 4.69) is 5.32 Å². The zero-order valence-corrected chi connectivity index (χ0v) is 13.9. The fourth-order valence-corrected chi connectivity index (χ4v) is 2.44. The number of carbonyl (C=O) groups is 1. The molecule has 24 heavy (non-hydrogen) atoms. The van der Waals surface area contributed by atoms with E-state index in [4.69, 9.17) is 4.74 Å². The third-order valence-electron chi connectivity index (χ3n) is 3.79. The third-order valence-corrected chi connectivity index (χ3v) is 3.79. The summed E-state index contributed by atoms with van der Waals surface area (Å²) in [6.07, 6.45) is 0. The third kappa shape index (κ3) is 3.90. The second kappa shape index (κ2) is 7.59. The van der Waals surface area contributed by atoms with Gasteiger partial charge in [-0.05, 0) is 44.5 Å². The Labute approximate surface area is 140 Å². The molecule has 0 radical (unpaired) electrons. The number of nitrogens with one attached hydrogen (secondary N) is 1. The molecule has 2 aromatic carbocycles. The van der Waals surface area contributed by atoms with Gasteiger partial charge in [-0.25, -0.2) is 0 Å². The van der Waals surface area contributed by atoms with E-state index in [1.807, 2.05) is 38.1 Å². The van der Waals surface area contributed by atoms with Crippen LogP contribution in [0.3, 0.4) is 0 Å². The summed E-state index contributed by atoms with van der Waals surface area (Å²) in [6, 6.07) is 11.7. The molecule has 0 heterocycles. The number of nitro groups is 1. The molecule has 1 amide bonds. The molecule has 1 atom stereocenters. The molecule has 1 N–H and O–H groups in total. The largest absolute Gasteiger partial charge is 0.494 e. The Kier molecular flexibility index (Phi) is 5.52. The van der Waals surface area contributed by atoms with Gasteiger partial charge in [0.15, 0.2) is 0 Å². The molecule has 0 bridgehead atoms. The predicted octanol–water partition coefficient (Wildman–Crippen LogP) is 3.79. The fraction of sp³-hybridized carbons (Fsp3) is 0.278. The summed E-state index contributed by atoms with van der Waals surface area (Å²) >= 11 is 0. The van der Waals surface area contributed by atoms with E-state index < -0.39 is 4.92 Å². The van der Waals surface area contributed by atoms with E-state index in [1.165, 1.54) is 12.1 Å². The Morgan fingerprint density at radius 3 is 2.50 bits per heavy atom. The van der Waals surface area contributed by atoms with E-state index >= 15 is 0 Å². The van der Waals surface area contributed by atoms with E-state index in [9.17, 15) is 14.9 Å². The minimum atomic E-state index is -0.484. The summed E-state index contributed by atoms with van der Waals surface area (Å²) in [5.41, 5.74) is 1.53. The van der Waals surface area contributed by atoms with Crippen molar-refractivity contribution in [1.29, 1.82) is 0 Å². The number of ether oxygens (including phenoxy) is 1. The number of amides is 1. The molecule has 0 saturated heterocycles. The van der Waals surface area contributed by atoms with Crippen LogP contribution >= 0.6 is 0 Å². The highest BCUT2D eigenvalue weighted by molar-refractivity contribution is 5.96. The summed E-state index contributed by atoms with van der Waals surface area (Å²) in [5.74, 6) is 0.437. The van der Waals surface area contributed by atoms with Crippen LogP contribution in [0, 0.1) is 17.0 Å². The van der Waals surface area contributed by atoms with E-state index in [1.54, 1.807) is 13.0 Å². The van der Waals surface area contributed by atoms with Crippen LogP contribution in [0.5, 0.6) is 5.75 Å². The topological polar surface area (TPSA) is 81.5 Å². The number of rotatable bonds is 6. The summed E-state index contributed by atoms with van der Waals surface area (Å²) in [7, 11) is 0. The van der Waals surface area contributed by atoms with Crippen molar-refractivity contribution in [2.75, 3.05) is 6.61 Å². The first kappa shape index (κ1) is 17.5. The standard InChI is InChI=1S/C18H20N2O4/c1-4-24-15-10-8-14(9-11-15)13(3)19-18(21)16-6-5-7-17(12(16)2)20(22)23/h5-11,13H,4H2,1-3H3,(H,19,21)/t13-/m0/s1. The van der Waals surface area contributed by atoms with Crippen molar-refractivity contribution in [2.45, 2.75) is 26.8 Å². The molecule has 0 unspecified atom stereocenters. The van der Waals surface area contributed by atoms with Gasteiger partial charge in [0, 0.05) is 17.2 Å². The van der Waals surface area contributed by atoms with Crippen molar-refractivity contribution in [1.82, 2.24) is 5.32 Å². The quantitative estimate of drug-likeness (QED) is 0.646. The molecule has 0 spiro atoms. The minimum absolute atomic E-state index is 0.0589. The van der Waals surface area contributed by atoms with Crippen molar-refractivity contribution in [3.63, 3.8) is 0 Å². The molecule has 2 rings (SSSR count). The zero-order chi connectivity index (χ0) is 17.7. The Morgan fingerprint density at radius 2 is 1.92 bits per heavy atom. The number of hydrogen-bond donors (Lipinski definition) is 1. The normalized spacial score (nSPS) is 11.6. The first-order valence-electron chi connectivity index (χ1n) is 7.71. The lowest BCUT2D eigenvalue weighted by atomic mass is 10.0. The average molecular weight is 328 g/mol. The van der Waals surface area contributed by atoms with Gasteiger partial charge >= 0.3 is 0 Å². The van der Waals surface area contributed by atoms with Gasteiger partial charge in [0.2, 0.25) is 0 Å². The molecule has 0 aromatic heterocycles. The highest BCUT2D eigenvalue weighted by Crippen LogP contribution is 2.22. The van der Waals surface area contributed by atoms with Gasteiger partial charge in [0.1, 0.15) is 5.75 Å². The lowest BCUT2D eigenvalue weighted by molar-refractivity contribution is -0.385. The predicted molar refractivity (Wildman–Crippen MR) is 91.3 cm³/mol. The Morgan fingerprint density at radius 1 is 1.25 bits per heavy atom. The number of hydrogen-bond acceptors (Lipinski definition) is 4. The summed E-state index contributed by atoms with van der Waals surface area (Å²) in [6.45, 7) is 5.95. The SMILES string of the molecule is CCOc1ccc([C@H](C)NC(=O)c2cccc([N+](=O)[O-])c2C)cc1. The summed E-state index contributed by atoms with van der Waals surface area (Å²) < 4.78 is 5.39. The van der Waals surface area contributed by atoms with Crippen LogP contribution < -0.4 is 10.1 Å².